The molecule has 1 amide bonds. The van der Waals surface area contributed by atoms with Gasteiger partial charge in [0.1, 0.15) is 0 Å². The molecule has 1 N–H and O–H groups in total. The second-order valence-electron chi connectivity index (χ2n) is 4.68. The number of carbonyl (C=O) groups is 1. The Bertz CT molecular complexity index is 797. The first kappa shape index (κ1) is 14.7. The first-order valence-corrected chi connectivity index (χ1v) is 7.80. The molecule has 0 saturated carbocycles. The maximum absolute atomic E-state index is 12.2. The van der Waals surface area contributed by atoms with Gasteiger partial charge in [0.05, 0.1) is 14.9 Å². The van der Waals surface area contributed by atoms with Gasteiger partial charge in [-0.1, -0.05) is 11.6 Å². The molecule has 112 valence electrons. The summed E-state index contributed by atoms with van der Waals surface area (Å²) in [6.07, 6.45) is 3.39. The smallest absolute Gasteiger partial charge is 0.272 e. The fourth-order valence-electron chi connectivity index (χ4n) is 2.03. The normalized spacial score (nSPS) is 10.6. The molecule has 3 aromatic heterocycles. The van der Waals surface area contributed by atoms with Crippen molar-refractivity contribution in [2.45, 2.75) is 6.54 Å². The van der Waals surface area contributed by atoms with E-state index in [1.807, 2.05) is 31.3 Å². The molecule has 0 saturated heterocycles. The molecule has 3 aromatic rings. The van der Waals surface area contributed by atoms with Crippen LogP contribution < -0.4 is 5.32 Å². The van der Waals surface area contributed by atoms with Gasteiger partial charge in [0.2, 0.25) is 0 Å². The summed E-state index contributed by atoms with van der Waals surface area (Å²) < 4.78 is 2.39. The van der Waals surface area contributed by atoms with Crippen LogP contribution in [0.4, 0.5) is 0 Å². The summed E-state index contributed by atoms with van der Waals surface area (Å²) in [5, 5.41) is 7.11. The Morgan fingerprint density at radius 2 is 2.09 bits per heavy atom. The number of aryl methyl sites for hydroxylation is 1. The first-order valence-electron chi connectivity index (χ1n) is 6.60. The van der Waals surface area contributed by atoms with Crippen molar-refractivity contribution in [2.75, 3.05) is 0 Å². The number of halogens is 1. The van der Waals surface area contributed by atoms with E-state index in [0.717, 1.165) is 16.1 Å². The third-order valence-electron chi connectivity index (χ3n) is 3.14. The van der Waals surface area contributed by atoms with E-state index < -0.39 is 0 Å². The van der Waals surface area contributed by atoms with Crippen LogP contribution in [0, 0.1) is 0 Å². The van der Waals surface area contributed by atoms with Crippen molar-refractivity contribution in [1.29, 1.82) is 0 Å². The summed E-state index contributed by atoms with van der Waals surface area (Å²) in [5.41, 5.74) is 2.24. The van der Waals surface area contributed by atoms with E-state index >= 15 is 0 Å². The zero-order valence-corrected chi connectivity index (χ0v) is 13.4. The fourth-order valence-corrected chi connectivity index (χ4v) is 3.12. The topological polar surface area (TPSA) is 59.8 Å². The molecule has 0 aliphatic heterocycles. The molecular formula is C15H13ClN4OS. The summed E-state index contributed by atoms with van der Waals surface area (Å²) >= 11 is 7.41. The second-order valence-corrected chi connectivity index (χ2v) is 6.40. The van der Waals surface area contributed by atoms with Gasteiger partial charge in [-0.25, -0.2) is 0 Å². The van der Waals surface area contributed by atoms with Crippen molar-refractivity contribution in [3.8, 4) is 10.6 Å². The van der Waals surface area contributed by atoms with Crippen molar-refractivity contribution in [1.82, 2.24) is 20.1 Å². The number of nitrogens with zero attached hydrogens (tertiary/aromatic N) is 3. The zero-order valence-electron chi connectivity index (χ0n) is 11.8. The third kappa shape index (κ3) is 3.18. The zero-order chi connectivity index (χ0) is 15.5. The molecule has 0 fully saturated rings. The fraction of sp³-hybridized carbons (Fsp3) is 0.133. The van der Waals surface area contributed by atoms with E-state index in [-0.39, 0.29) is 5.91 Å². The maximum Gasteiger partial charge on any atom is 0.272 e. The van der Waals surface area contributed by atoms with Gasteiger partial charge in [-0.05, 0) is 35.9 Å². The van der Waals surface area contributed by atoms with Crippen LogP contribution in [0.3, 0.4) is 0 Å². The average Bonchev–Trinajstić information content (AvgIpc) is 3.11. The number of hydrogen-bond donors (Lipinski definition) is 1. The predicted molar refractivity (Wildman–Crippen MR) is 86.9 cm³/mol. The van der Waals surface area contributed by atoms with E-state index in [9.17, 15) is 4.79 Å². The first-order chi connectivity index (χ1) is 10.6. The van der Waals surface area contributed by atoms with E-state index in [0.29, 0.717) is 16.6 Å². The molecule has 0 radical (unpaired) electrons. The van der Waals surface area contributed by atoms with Gasteiger partial charge in [0, 0.05) is 26.0 Å². The Morgan fingerprint density at radius 3 is 2.77 bits per heavy atom. The van der Waals surface area contributed by atoms with E-state index in [4.69, 9.17) is 11.6 Å². The molecule has 0 bridgehead atoms. The molecule has 0 spiro atoms. The minimum atomic E-state index is -0.207. The molecule has 3 heterocycles. The van der Waals surface area contributed by atoms with E-state index in [1.165, 1.54) is 11.3 Å². The average molecular weight is 333 g/mol. The third-order valence-corrected chi connectivity index (χ3v) is 4.39. The van der Waals surface area contributed by atoms with E-state index in [1.54, 1.807) is 23.1 Å². The lowest BCUT2D eigenvalue weighted by Gasteiger charge is -2.02. The van der Waals surface area contributed by atoms with Crippen LogP contribution >= 0.6 is 22.9 Å². The number of pyridine rings is 1. The SMILES string of the molecule is Cn1nc(C(=O)NCc2ccncc2)cc1-c1ccc(Cl)s1. The van der Waals surface area contributed by atoms with Crippen molar-refractivity contribution in [2.24, 2.45) is 7.05 Å². The molecule has 7 heteroatoms. The highest BCUT2D eigenvalue weighted by Crippen LogP contribution is 2.31. The summed E-state index contributed by atoms with van der Waals surface area (Å²) in [7, 11) is 1.81. The maximum atomic E-state index is 12.2. The quantitative estimate of drug-likeness (QED) is 0.798. The number of carbonyl (C=O) groups excluding carboxylic acids is 1. The molecular weight excluding hydrogens is 320 g/mol. The standard InChI is InChI=1S/C15H13ClN4OS/c1-20-12(13-2-3-14(16)22-13)8-11(19-20)15(21)18-9-10-4-6-17-7-5-10/h2-8H,9H2,1H3,(H,18,21). The highest BCUT2D eigenvalue weighted by Gasteiger charge is 2.14. The number of aromatic nitrogens is 3. The van der Waals surface area contributed by atoms with Crippen LogP contribution in [0.15, 0.2) is 42.7 Å². The lowest BCUT2D eigenvalue weighted by molar-refractivity contribution is 0.0945. The van der Waals surface area contributed by atoms with Crippen LogP contribution in [0.1, 0.15) is 16.1 Å². The molecule has 0 aliphatic rings. The Kier molecular flexibility index (Phi) is 4.22. The summed E-state index contributed by atoms with van der Waals surface area (Å²) in [4.78, 5) is 17.1. The number of nitrogens with one attached hydrogen (secondary N) is 1. The van der Waals surface area contributed by atoms with Gasteiger partial charge < -0.3 is 5.32 Å². The Morgan fingerprint density at radius 1 is 1.32 bits per heavy atom. The van der Waals surface area contributed by atoms with Crippen molar-refractivity contribution < 1.29 is 4.79 Å². The van der Waals surface area contributed by atoms with Gasteiger partial charge in [0.25, 0.3) is 5.91 Å². The minimum absolute atomic E-state index is 0.207. The van der Waals surface area contributed by atoms with Gasteiger partial charge in [0.15, 0.2) is 5.69 Å². The van der Waals surface area contributed by atoms with Crippen molar-refractivity contribution >= 4 is 28.8 Å². The molecule has 0 aromatic carbocycles. The highest BCUT2D eigenvalue weighted by atomic mass is 35.5. The number of thiophene rings is 1. The Hall–Kier alpha value is -2.18. The van der Waals surface area contributed by atoms with Crippen LogP contribution in [0.2, 0.25) is 4.34 Å². The van der Waals surface area contributed by atoms with Gasteiger partial charge in [-0.2, -0.15) is 5.10 Å². The monoisotopic (exact) mass is 332 g/mol. The largest absolute Gasteiger partial charge is 0.347 e. The molecule has 0 atom stereocenters. The Balaban J connectivity index is 1.74. The van der Waals surface area contributed by atoms with E-state index in [2.05, 4.69) is 15.4 Å². The molecule has 5 nitrogen and oxygen atoms in total. The minimum Gasteiger partial charge on any atom is -0.347 e. The lowest BCUT2D eigenvalue weighted by Crippen LogP contribution is -2.23. The predicted octanol–water partition coefficient (Wildman–Crippen LogP) is 3.13. The van der Waals surface area contributed by atoms with Crippen LogP contribution in [-0.4, -0.2) is 20.7 Å². The van der Waals surface area contributed by atoms with Crippen molar-refractivity contribution in [3.05, 3.63) is 58.3 Å². The van der Waals surface area contributed by atoms with Crippen LogP contribution in [0.5, 0.6) is 0 Å². The molecule has 3 rings (SSSR count). The van der Waals surface area contributed by atoms with Crippen LogP contribution in [0.25, 0.3) is 10.6 Å². The summed E-state index contributed by atoms with van der Waals surface area (Å²) in [5.74, 6) is -0.207. The van der Waals surface area contributed by atoms with Gasteiger partial charge >= 0.3 is 0 Å². The second kappa shape index (κ2) is 6.29. The summed E-state index contributed by atoms with van der Waals surface area (Å²) in [6.45, 7) is 0.443. The van der Waals surface area contributed by atoms with Crippen LogP contribution in [-0.2, 0) is 13.6 Å². The lowest BCUT2D eigenvalue weighted by atomic mass is 10.2. The molecule has 0 aliphatic carbocycles. The van der Waals surface area contributed by atoms with Gasteiger partial charge in [-0.3, -0.25) is 14.5 Å². The molecule has 0 unspecified atom stereocenters. The number of rotatable bonds is 4. The Labute approximate surface area is 136 Å². The van der Waals surface area contributed by atoms with Gasteiger partial charge in [-0.15, -0.1) is 11.3 Å². The number of hydrogen-bond acceptors (Lipinski definition) is 4. The van der Waals surface area contributed by atoms with Crippen molar-refractivity contribution in [3.63, 3.8) is 0 Å². The summed E-state index contributed by atoms with van der Waals surface area (Å²) in [6, 6.07) is 9.24. The number of amides is 1. The molecule has 22 heavy (non-hydrogen) atoms. The highest BCUT2D eigenvalue weighted by molar-refractivity contribution is 7.19.